The third-order valence-corrected chi connectivity index (χ3v) is 4.85. The molecule has 2 amide bonds. The summed E-state index contributed by atoms with van der Waals surface area (Å²) in [7, 11) is 1.52. The van der Waals surface area contributed by atoms with E-state index >= 15 is 0 Å². The molecule has 0 saturated carbocycles. The van der Waals surface area contributed by atoms with Gasteiger partial charge in [0, 0.05) is 16.9 Å². The Morgan fingerprint density at radius 3 is 2.32 bits per heavy atom. The third kappa shape index (κ3) is 5.99. The van der Waals surface area contributed by atoms with Gasteiger partial charge in [-0.3, -0.25) is 9.59 Å². The summed E-state index contributed by atoms with van der Waals surface area (Å²) < 4.78 is 10.6. The summed E-state index contributed by atoms with van der Waals surface area (Å²) in [6, 6.07) is 17.3. The highest BCUT2D eigenvalue weighted by molar-refractivity contribution is 6.32. The molecule has 0 spiro atoms. The van der Waals surface area contributed by atoms with Crippen molar-refractivity contribution >= 4 is 34.8 Å². The number of carbonyl (C=O) groups excluding carboxylic acids is 2. The summed E-state index contributed by atoms with van der Waals surface area (Å²) >= 11 is 6.08. The van der Waals surface area contributed by atoms with Crippen LogP contribution in [0.1, 0.15) is 21.5 Å². The molecule has 0 aliphatic heterocycles. The number of hydrogen-bond donors (Lipinski definition) is 2. The summed E-state index contributed by atoms with van der Waals surface area (Å²) in [4.78, 5) is 24.6. The predicted molar refractivity (Wildman–Crippen MR) is 122 cm³/mol. The zero-order valence-corrected chi connectivity index (χ0v) is 18.2. The number of carbonyl (C=O) groups is 2. The first-order valence-electron chi connectivity index (χ1n) is 9.60. The van der Waals surface area contributed by atoms with Gasteiger partial charge in [0.1, 0.15) is 11.5 Å². The van der Waals surface area contributed by atoms with E-state index in [9.17, 15) is 9.59 Å². The molecular weight excluding hydrogens is 416 g/mol. The Labute approximate surface area is 186 Å². The Morgan fingerprint density at radius 2 is 1.68 bits per heavy atom. The van der Waals surface area contributed by atoms with Gasteiger partial charge in [-0.15, -0.1) is 0 Å². The Bertz CT molecular complexity index is 1100. The van der Waals surface area contributed by atoms with Crippen LogP contribution < -0.4 is 20.1 Å². The molecule has 0 saturated heterocycles. The molecule has 0 heterocycles. The van der Waals surface area contributed by atoms with Crippen LogP contribution in [0.2, 0.25) is 5.02 Å². The van der Waals surface area contributed by atoms with Gasteiger partial charge in [-0.1, -0.05) is 29.3 Å². The van der Waals surface area contributed by atoms with Crippen molar-refractivity contribution in [3.63, 3.8) is 0 Å². The predicted octanol–water partition coefficient (Wildman–Crippen LogP) is 5.24. The second-order valence-corrected chi connectivity index (χ2v) is 7.39. The summed E-state index contributed by atoms with van der Waals surface area (Å²) in [6.45, 7) is 3.80. The molecule has 3 rings (SSSR count). The van der Waals surface area contributed by atoms with Gasteiger partial charge >= 0.3 is 0 Å². The van der Waals surface area contributed by atoms with Crippen molar-refractivity contribution in [3.05, 3.63) is 82.4 Å². The van der Waals surface area contributed by atoms with Crippen molar-refractivity contribution < 1.29 is 19.1 Å². The third-order valence-electron chi connectivity index (χ3n) is 4.55. The average molecular weight is 439 g/mol. The van der Waals surface area contributed by atoms with E-state index < -0.39 is 0 Å². The highest BCUT2D eigenvalue weighted by atomic mass is 35.5. The van der Waals surface area contributed by atoms with Gasteiger partial charge in [0.05, 0.1) is 12.1 Å². The lowest BCUT2D eigenvalue weighted by Gasteiger charge is -2.11. The van der Waals surface area contributed by atoms with E-state index in [1.807, 2.05) is 32.0 Å². The van der Waals surface area contributed by atoms with Crippen LogP contribution in [-0.2, 0) is 4.79 Å². The number of anilines is 2. The van der Waals surface area contributed by atoms with E-state index in [0.29, 0.717) is 27.8 Å². The number of rotatable bonds is 7. The van der Waals surface area contributed by atoms with Crippen molar-refractivity contribution in [2.75, 3.05) is 24.4 Å². The zero-order valence-electron chi connectivity index (χ0n) is 17.5. The summed E-state index contributed by atoms with van der Waals surface area (Å²) in [5.41, 5.74) is 3.87. The molecular formula is C24H23ClN2O4. The van der Waals surface area contributed by atoms with Crippen LogP contribution in [0.3, 0.4) is 0 Å². The summed E-state index contributed by atoms with van der Waals surface area (Å²) in [6.07, 6.45) is 0. The van der Waals surface area contributed by atoms with Crippen LogP contribution in [0.5, 0.6) is 11.5 Å². The van der Waals surface area contributed by atoms with Gasteiger partial charge in [0.2, 0.25) is 0 Å². The highest BCUT2D eigenvalue weighted by Crippen LogP contribution is 2.27. The van der Waals surface area contributed by atoms with Gasteiger partial charge in [-0.05, 0) is 67.9 Å². The van der Waals surface area contributed by atoms with Crippen molar-refractivity contribution in [1.29, 1.82) is 0 Å². The smallest absolute Gasteiger partial charge is 0.262 e. The van der Waals surface area contributed by atoms with Crippen molar-refractivity contribution in [2.45, 2.75) is 13.8 Å². The normalized spacial score (nSPS) is 10.3. The highest BCUT2D eigenvalue weighted by Gasteiger charge is 2.10. The lowest BCUT2D eigenvalue weighted by molar-refractivity contribution is -0.118. The fourth-order valence-corrected chi connectivity index (χ4v) is 3.20. The van der Waals surface area contributed by atoms with Crippen LogP contribution in [-0.4, -0.2) is 25.5 Å². The van der Waals surface area contributed by atoms with Crippen molar-refractivity contribution in [1.82, 2.24) is 0 Å². The molecule has 0 atom stereocenters. The van der Waals surface area contributed by atoms with E-state index in [4.69, 9.17) is 21.1 Å². The van der Waals surface area contributed by atoms with E-state index in [2.05, 4.69) is 10.6 Å². The average Bonchev–Trinajstić information content (AvgIpc) is 2.75. The van der Waals surface area contributed by atoms with Crippen LogP contribution in [0.4, 0.5) is 11.4 Å². The molecule has 0 bridgehead atoms. The first-order chi connectivity index (χ1) is 14.9. The van der Waals surface area contributed by atoms with Gasteiger partial charge in [-0.2, -0.15) is 0 Å². The molecule has 0 radical (unpaired) electrons. The largest absolute Gasteiger partial charge is 0.495 e. The number of nitrogens with one attached hydrogen (secondary N) is 2. The number of hydrogen-bond acceptors (Lipinski definition) is 4. The molecule has 0 aliphatic carbocycles. The van der Waals surface area contributed by atoms with Gasteiger partial charge < -0.3 is 20.1 Å². The fourth-order valence-electron chi connectivity index (χ4n) is 2.94. The lowest BCUT2D eigenvalue weighted by atomic mass is 10.1. The fraction of sp³-hybridized carbons (Fsp3) is 0.167. The second kappa shape index (κ2) is 10.00. The molecule has 7 heteroatoms. The number of amides is 2. The maximum atomic E-state index is 12.4. The first kappa shape index (κ1) is 22.2. The number of benzene rings is 3. The Morgan fingerprint density at radius 1 is 0.935 bits per heavy atom. The molecule has 3 aromatic rings. The minimum atomic E-state index is -0.291. The van der Waals surface area contributed by atoms with Gasteiger partial charge in [-0.25, -0.2) is 0 Å². The van der Waals surface area contributed by atoms with E-state index in [1.165, 1.54) is 7.11 Å². The van der Waals surface area contributed by atoms with Crippen molar-refractivity contribution in [2.24, 2.45) is 0 Å². The Hall–Kier alpha value is -3.51. The van der Waals surface area contributed by atoms with Crippen molar-refractivity contribution in [3.8, 4) is 11.5 Å². The van der Waals surface area contributed by atoms with E-state index in [1.54, 1.807) is 42.5 Å². The molecule has 0 aliphatic rings. The number of methoxy groups -OCH3 is 1. The molecule has 160 valence electrons. The minimum Gasteiger partial charge on any atom is -0.495 e. The number of halogens is 1. The zero-order chi connectivity index (χ0) is 22.4. The van der Waals surface area contributed by atoms with Crippen LogP contribution in [0, 0.1) is 13.8 Å². The maximum absolute atomic E-state index is 12.4. The standard InChI is InChI=1S/C24H23ClN2O4/c1-15-4-10-21(16(2)12-15)27-23(28)14-31-19-8-5-17(6-9-19)24(29)26-18-7-11-22(30-3)20(25)13-18/h4-13H,14H2,1-3H3,(H,26,29)(H,27,28). The summed E-state index contributed by atoms with van der Waals surface area (Å²) in [5, 5.41) is 6.01. The lowest BCUT2D eigenvalue weighted by Crippen LogP contribution is -2.20. The first-order valence-corrected chi connectivity index (χ1v) is 9.98. The number of ether oxygens (including phenoxy) is 2. The molecule has 0 aromatic heterocycles. The minimum absolute atomic E-state index is 0.136. The summed E-state index contributed by atoms with van der Waals surface area (Å²) in [5.74, 6) is 0.466. The molecule has 0 unspecified atom stereocenters. The molecule has 31 heavy (non-hydrogen) atoms. The van der Waals surface area contributed by atoms with Crippen LogP contribution in [0.25, 0.3) is 0 Å². The van der Waals surface area contributed by atoms with Crippen LogP contribution >= 0.6 is 11.6 Å². The van der Waals surface area contributed by atoms with E-state index in [-0.39, 0.29) is 18.4 Å². The van der Waals surface area contributed by atoms with E-state index in [0.717, 1.165) is 16.8 Å². The Kier molecular flexibility index (Phi) is 7.15. The molecule has 0 fully saturated rings. The Balaban J connectivity index is 1.54. The van der Waals surface area contributed by atoms with Gasteiger partial charge in [0.15, 0.2) is 6.61 Å². The van der Waals surface area contributed by atoms with Gasteiger partial charge in [0.25, 0.3) is 11.8 Å². The monoisotopic (exact) mass is 438 g/mol. The second-order valence-electron chi connectivity index (χ2n) is 6.98. The quantitative estimate of drug-likeness (QED) is 0.529. The number of aryl methyl sites for hydroxylation is 2. The maximum Gasteiger partial charge on any atom is 0.262 e. The topological polar surface area (TPSA) is 76.7 Å². The molecule has 6 nitrogen and oxygen atoms in total. The molecule has 3 aromatic carbocycles. The van der Waals surface area contributed by atoms with Crippen LogP contribution in [0.15, 0.2) is 60.7 Å². The SMILES string of the molecule is COc1ccc(NC(=O)c2ccc(OCC(=O)Nc3ccc(C)cc3C)cc2)cc1Cl. The molecule has 2 N–H and O–H groups in total.